The van der Waals surface area contributed by atoms with Crippen LogP contribution < -0.4 is 10.1 Å². The summed E-state index contributed by atoms with van der Waals surface area (Å²) in [6.07, 6.45) is -3.43. The van der Waals surface area contributed by atoms with E-state index in [9.17, 15) is 18.0 Å². The van der Waals surface area contributed by atoms with Crippen LogP contribution in [-0.4, -0.2) is 56.3 Å². The van der Waals surface area contributed by atoms with Gasteiger partial charge in [-0.05, 0) is 36.6 Å². The quantitative estimate of drug-likeness (QED) is 0.744. The second-order valence-electron chi connectivity index (χ2n) is 7.05. The number of nitrogens with one attached hydrogen (secondary N) is 1. The lowest BCUT2D eigenvalue weighted by atomic mass is 10.0. The molecular formula is C19H27F3N2O3. The van der Waals surface area contributed by atoms with Crippen molar-refractivity contribution in [3.63, 3.8) is 0 Å². The first-order valence-corrected chi connectivity index (χ1v) is 9.14. The molecule has 0 aliphatic carbocycles. The van der Waals surface area contributed by atoms with E-state index in [2.05, 4.69) is 24.1 Å². The van der Waals surface area contributed by atoms with Gasteiger partial charge >= 0.3 is 6.18 Å². The summed E-state index contributed by atoms with van der Waals surface area (Å²) in [5.41, 5.74) is -0.749. The normalized spacial score (nSPS) is 17.0. The highest BCUT2D eigenvalue weighted by atomic mass is 19.4. The Morgan fingerprint density at radius 1 is 1.22 bits per heavy atom. The molecule has 8 heteroatoms. The molecule has 0 saturated carbocycles. The first kappa shape index (κ1) is 21.5. The zero-order valence-electron chi connectivity index (χ0n) is 15.7. The molecule has 5 nitrogen and oxygen atoms in total. The van der Waals surface area contributed by atoms with Crippen LogP contribution in [0.15, 0.2) is 24.3 Å². The Kier molecular flexibility index (Phi) is 7.91. The van der Waals surface area contributed by atoms with Crippen molar-refractivity contribution in [1.29, 1.82) is 0 Å². The van der Waals surface area contributed by atoms with Gasteiger partial charge in [0.1, 0.15) is 5.75 Å². The molecule has 1 unspecified atom stereocenters. The summed E-state index contributed by atoms with van der Waals surface area (Å²) >= 11 is 0. The molecule has 0 radical (unpaired) electrons. The Bertz CT molecular complexity index is 585. The molecule has 1 amide bonds. The number of benzene rings is 1. The minimum atomic E-state index is -4.39. The van der Waals surface area contributed by atoms with E-state index in [0.29, 0.717) is 25.7 Å². The van der Waals surface area contributed by atoms with E-state index in [1.165, 1.54) is 12.1 Å². The predicted molar refractivity (Wildman–Crippen MR) is 95.6 cm³/mol. The first-order chi connectivity index (χ1) is 12.8. The molecule has 2 rings (SSSR count). The molecule has 1 aromatic rings. The number of halogens is 3. The molecule has 0 bridgehead atoms. The SMILES string of the molecule is CC(C)CC(CNC(=O)COc1ccc(C(F)(F)F)cc1)N1CCOCC1. The molecule has 1 atom stereocenters. The predicted octanol–water partition coefficient (Wildman–Crippen LogP) is 2.95. The van der Waals surface area contributed by atoms with Gasteiger partial charge in [-0.15, -0.1) is 0 Å². The molecule has 27 heavy (non-hydrogen) atoms. The van der Waals surface area contributed by atoms with Crippen LogP contribution in [0.2, 0.25) is 0 Å². The fraction of sp³-hybridized carbons (Fsp3) is 0.632. The Morgan fingerprint density at radius 2 is 1.85 bits per heavy atom. The summed E-state index contributed by atoms with van der Waals surface area (Å²) in [6, 6.07) is 4.52. The van der Waals surface area contributed by atoms with E-state index in [1.807, 2.05) is 0 Å². The van der Waals surface area contributed by atoms with Crippen LogP contribution >= 0.6 is 0 Å². The van der Waals surface area contributed by atoms with Crippen LogP contribution in [0.4, 0.5) is 13.2 Å². The molecule has 152 valence electrons. The van der Waals surface area contributed by atoms with Crippen molar-refractivity contribution in [1.82, 2.24) is 10.2 Å². The maximum atomic E-state index is 12.5. The minimum absolute atomic E-state index is 0.226. The molecule has 1 N–H and O–H groups in total. The van der Waals surface area contributed by atoms with Gasteiger partial charge in [0.15, 0.2) is 6.61 Å². The summed E-state index contributed by atoms with van der Waals surface area (Å²) in [6.45, 7) is 7.63. The summed E-state index contributed by atoms with van der Waals surface area (Å²) in [5, 5.41) is 2.86. The second-order valence-corrected chi connectivity index (χ2v) is 7.05. The van der Waals surface area contributed by atoms with Crippen LogP contribution in [-0.2, 0) is 15.7 Å². The molecule has 0 spiro atoms. The lowest BCUT2D eigenvalue weighted by Crippen LogP contribution is -2.49. The lowest BCUT2D eigenvalue weighted by molar-refractivity contribution is -0.137. The molecule has 1 heterocycles. The fourth-order valence-electron chi connectivity index (χ4n) is 3.02. The summed E-state index contributed by atoms with van der Waals surface area (Å²) in [7, 11) is 0. The summed E-state index contributed by atoms with van der Waals surface area (Å²) in [5.74, 6) is 0.431. The summed E-state index contributed by atoms with van der Waals surface area (Å²) in [4.78, 5) is 14.4. The third kappa shape index (κ3) is 7.38. The number of nitrogens with zero attached hydrogens (tertiary/aromatic N) is 1. The lowest BCUT2D eigenvalue weighted by Gasteiger charge is -2.35. The third-order valence-corrected chi connectivity index (χ3v) is 4.39. The number of hydrogen-bond donors (Lipinski definition) is 1. The highest BCUT2D eigenvalue weighted by molar-refractivity contribution is 5.77. The molecule has 1 aromatic carbocycles. The van der Waals surface area contributed by atoms with Crippen molar-refractivity contribution >= 4 is 5.91 Å². The molecule has 1 aliphatic rings. The molecule has 1 saturated heterocycles. The second kappa shape index (κ2) is 9.94. The van der Waals surface area contributed by atoms with Gasteiger partial charge in [0.2, 0.25) is 0 Å². The number of rotatable bonds is 8. The number of morpholine rings is 1. The standard InChI is InChI=1S/C19H27F3N2O3/c1-14(2)11-16(24-7-9-26-10-8-24)12-23-18(25)13-27-17-5-3-15(4-6-17)19(20,21)22/h3-6,14,16H,7-13H2,1-2H3,(H,23,25). The maximum absolute atomic E-state index is 12.5. The van der Waals surface area contributed by atoms with Gasteiger partial charge in [0.25, 0.3) is 5.91 Å². The van der Waals surface area contributed by atoms with E-state index in [1.54, 1.807) is 0 Å². The van der Waals surface area contributed by atoms with Crippen LogP contribution in [0.25, 0.3) is 0 Å². The maximum Gasteiger partial charge on any atom is 0.416 e. The molecule has 1 fully saturated rings. The Hall–Kier alpha value is -1.80. The van der Waals surface area contributed by atoms with Gasteiger partial charge in [0.05, 0.1) is 18.8 Å². The van der Waals surface area contributed by atoms with Crippen molar-refractivity contribution < 1.29 is 27.4 Å². The van der Waals surface area contributed by atoms with Gasteiger partial charge < -0.3 is 14.8 Å². The van der Waals surface area contributed by atoms with E-state index < -0.39 is 11.7 Å². The Balaban J connectivity index is 1.79. The fourth-order valence-corrected chi connectivity index (χ4v) is 3.02. The van der Waals surface area contributed by atoms with Crippen molar-refractivity contribution in [2.45, 2.75) is 32.5 Å². The number of carbonyl (C=O) groups excluding carboxylic acids is 1. The van der Waals surface area contributed by atoms with Crippen LogP contribution in [0.5, 0.6) is 5.75 Å². The molecule has 1 aliphatic heterocycles. The number of carbonyl (C=O) groups is 1. The largest absolute Gasteiger partial charge is 0.484 e. The average molecular weight is 388 g/mol. The number of hydrogen-bond acceptors (Lipinski definition) is 4. The zero-order chi connectivity index (χ0) is 19.9. The van der Waals surface area contributed by atoms with Crippen LogP contribution in [0.1, 0.15) is 25.8 Å². The van der Waals surface area contributed by atoms with E-state index in [0.717, 1.165) is 31.6 Å². The average Bonchev–Trinajstić information content (AvgIpc) is 2.63. The van der Waals surface area contributed by atoms with Gasteiger partial charge in [-0.25, -0.2) is 0 Å². The third-order valence-electron chi connectivity index (χ3n) is 4.39. The summed E-state index contributed by atoms with van der Waals surface area (Å²) < 4.78 is 48.3. The van der Waals surface area contributed by atoms with Crippen molar-refractivity contribution in [2.75, 3.05) is 39.5 Å². The number of alkyl halides is 3. The van der Waals surface area contributed by atoms with Crippen molar-refractivity contribution in [3.05, 3.63) is 29.8 Å². The monoisotopic (exact) mass is 388 g/mol. The highest BCUT2D eigenvalue weighted by Crippen LogP contribution is 2.30. The van der Waals surface area contributed by atoms with E-state index in [4.69, 9.17) is 9.47 Å². The van der Waals surface area contributed by atoms with Crippen molar-refractivity contribution in [3.8, 4) is 5.75 Å². The Labute approximate surface area is 157 Å². The van der Waals surface area contributed by atoms with Gasteiger partial charge in [-0.3, -0.25) is 9.69 Å². The van der Waals surface area contributed by atoms with Gasteiger partial charge in [-0.2, -0.15) is 13.2 Å². The highest BCUT2D eigenvalue weighted by Gasteiger charge is 2.30. The first-order valence-electron chi connectivity index (χ1n) is 9.14. The smallest absolute Gasteiger partial charge is 0.416 e. The topological polar surface area (TPSA) is 50.8 Å². The minimum Gasteiger partial charge on any atom is -0.484 e. The van der Waals surface area contributed by atoms with Gasteiger partial charge in [0, 0.05) is 25.7 Å². The Morgan fingerprint density at radius 3 is 2.41 bits per heavy atom. The van der Waals surface area contributed by atoms with Crippen LogP contribution in [0, 0.1) is 5.92 Å². The zero-order valence-corrected chi connectivity index (χ0v) is 15.7. The van der Waals surface area contributed by atoms with Gasteiger partial charge in [-0.1, -0.05) is 13.8 Å². The molecular weight excluding hydrogens is 361 g/mol. The van der Waals surface area contributed by atoms with Crippen molar-refractivity contribution in [2.24, 2.45) is 5.92 Å². The number of amides is 1. The van der Waals surface area contributed by atoms with E-state index in [-0.39, 0.29) is 24.3 Å². The van der Waals surface area contributed by atoms with E-state index >= 15 is 0 Å². The number of ether oxygens (including phenoxy) is 2. The molecule has 0 aromatic heterocycles. The van der Waals surface area contributed by atoms with Crippen LogP contribution in [0.3, 0.4) is 0 Å².